The predicted molar refractivity (Wildman–Crippen MR) is 74.5 cm³/mol. The molecule has 0 bridgehead atoms. The SMILES string of the molecule is CCN1CCC(C2(c3ccc(F)cc3)OC(C)O2)CC1. The number of ether oxygens (including phenoxy) is 2. The number of halogens is 1. The summed E-state index contributed by atoms with van der Waals surface area (Å²) in [7, 11) is 0. The van der Waals surface area contributed by atoms with Gasteiger partial charge in [-0.2, -0.15) is 0 Å². The number of likely N-dealkylation sites (tertiary alicyclic amines) is 1. The van der Waals surface area contributed by atoms with Gasteiger partial charge in [-0.3, -0.25) is 0 Å². The maximum atomic E-state index is 13.1. The van der Waals surface area contributed by atoms with Crippen LogP contribution in [0.5, 0.6) is 0 Å². The third-order valence-corrected chi connectivity index (χ3v) is 4.50. The maximum Gasteiger partial charge on any atom is 0.203 e. The van der Waals surface area contributed by atoms with Gasteiger partial charge in [-0.15, -0.1) is 0 Å². The molecule has 0 amide bonds. The van der Waals surface area contributed by atoms with Gasteiger partial charge in [0.25, 0.3) is 0 Å². The van der Waals surface area contributed by atoms with Crippen LogP contribution in [0.2, 0.25) is 0 Å². The molecule has 0 atom stereocenters. The zero-order chi connectivity index (χ0) is 14.2. The van der Waals surface area contributed by atoms with E-state index in [4.69, 9.17) is 9.47 Å². The number of nitrogens with zero attached hydrogens (tertiary/aromatic N) is 1. The van der Waals surface area contributed by atoms with Gasteiger partial charge in [0, 0.05) is 11.5 Å². The summed E-state index contributed by atoms with van der Waals surface area (Å²) in [5.74, 6) is -0.545. The molecular formula is C16H22FNO2. The van der Waals surface area contributed by atoms with E-state index in [1.165, 1.54) is 12.1 Å². The van der Waals surface area contributed by atoms with Crippen molar-refractivity contribution >= 4 is 0 Å². The van der Waals surface area contributed by atoms with Gasteiger partial charge in [0.15, 0.2) is 6.29 Å². The third-order valence-electron chi connectivity index (χ3n) is 4.50. The molecule has 0 aromatic heterocycles. The second-order valence-corrected chi connectivity index (χ2v) is 5.69. The van der Waals surface area contributed by atoms with Crippen LogP contribution in [0.25, 0.3) is 0 Å². The average Bonchev–Trinajstić information content (AvgIpc) is 2.45. The first-order valence-corrected chi connectivity index (χ1v) is 7.48. The molecule has 0 N–H and O–H groups in total. The summed E-state index contributed by atoms with van der Waals surface area (Å²) in [4.78, 5) is 2.44. The first-order chi connectivity index (χ1) is 9.64. The molecule has 2 aliphatic rings. The molecule has 0 saturated carbocycles. The van der Waals surface area contributed by atoms with Crippen molar-refractivity contribution in [3.05, 3.63) is 35.6 Å². The predicted octanol–water partition coefficient (Wildman–Crippen LogP) is 3.10. The summed E-state index contributed by atoms with van der Waals surface area (Å²) in [6.45, 7) is 7.34. The molecule has 110 valence electrons. The second-order valence-electron chi connectivity index (χ2n) is 5.69. The van der Waals surface area contributed by atoms with E-state index in [0.717, 1.165) is 38.0 Å². The summed E-state index contributed by atoms with van der Waals surface area (Å²) >= 11 is 0. The molecule has 2 fully saturated rings. The quantitative estimate of drug-likeness (QED) is 0.848. The molecule has 1 aromatic carbocycles. The van der Waals surface area contributed by atoms with E-state index in [9.17, 15) is 4.39 Å². The molecule has 4 heteroatoms. The molecule has 2 aliphatic heterocycles. The fraction of sp³-hybridized carbons (Fsp3) is 0.625. The molecule has 0 spiro atoms. The van der Waals surface area contributed by atoms with Crippen molar-refractivity contribution < 1.29 is 13.9 Å². The number of hydrogen-bond acceptors (Lipinski definition) is 3. The van der Waals surface area contributed by atoms with Gasteiger partial charge in [0.1, 0.15) is 5.82 Å². The van der Waals surface area contributed by atoms with Crippen LogP contribution in [0.4, 0.5) is 4.39 Å². The van der Waals surface area contributed by atoms with Gasteiger partial charge in [-0.1, -0.05) is 19.1 Å². The summed E-state index contributed by atoms with van der Waals surface area (Å²) < 4.78 is 25.1. The van der Waals surface area contributed by atoms with Gasteiger partial charge < -0.3 is 14.4 Å². The van der Waals surface area contributed by atoms with Gasteiger partial charge in [-0.05, 0) is 51.5 Å². The minimum Gasteiger partial charge on any atom is -0.316 e. The number of hydrogen-bond donors (Lipinski definition) is 0. The summed E-state index contributed by atoms with van der Waals surface area (Å²) in [5, 5.41) is 0. The highest BCUT2D eigenvalue weighted by atomic mass is 19.1. The van der Waals surface area contributed by atoms with Crippen molar-refractivity contribution in [2.45, 2.75) is 38.8 Å². The first kappa shape index (κ1) is 14.0. The van der Waals surface area contributed by atoms with Crippen LogP contribution in [-0.4, -0.2) is 30.8 Å². The van der Waals surface area contributed by atoms with Crippen LogP contribution >= 0.6 is 0 Å². The van der Waals surface area contributed by atoms with Crippen molar-refractivity contribution in [1.29, 1.82) is 0 Å². The summed E-state index contributed by atoms with van der Waals surface area (Å²) in [6.07, 6.45) is 1.93. The Morgan fingerprint density at radius 3 is 2.30 bits per heavy atom. The number of piperidine rings is 1. The normalized spacial score (nSPS) is 32.0. The monoisotopic (exact) mass is 279 g/mol. The van der Waals surface area contributed by atoms with E-state index < -0.39 is 5.79 Å². The van der Waals surface area contributed by atoms with E-state index in [0.29, 0.717) is 5.92 Å². The molecule has 0 aliphatic carbocycles. The van der Waals surface area contributed by atoms with Crippen LogP contribution in [0, 0.1) is 11.7 Å². The van der Waals surface area contributed by atoms with Crippen LogP contribution in [0.15, 0.2) is 24.3 Å². The molecular weight excluding hydrogens is 257 g/mol. The number of rotatable bonds is 3. The molecule has 1 aromatic rings. The highest BCUT2D eigenvalue weighted by molar-refractivity contribution is 5.23. The third kappa shape index (κ3) is 2.36. The fourth-order valence-electron chi connectivity index (χ4n) is 3.38. The lowest BCUT2D eigenvalue weighted by Crippen LogP contribution is -2.56. The lowest BCUT2D eigenvalue weighted by atomic mass is 9.82. The van der Waals surface area contributed by atoms with Crippen molar-refractivity contribution in [2.75, 3.05) is 19.6 Å². The van der Waals surface area contributed by atoms with E-state index in [-0.39, 0.29) is 12.1 Å². The molecule has 2 heterocycles. The molecule has 0 radical (unpaired) electrons. The van der Waals surface area contributed by atoms with E-state index in [2.05, 4.69) is 11.8 Å². The standard InChI is InChI=1S/C16H22FNO2/c1-3-18-10-8-14(9-11-18)16(19-12(2)20-16)13-4-6-15(17)7-5-13/h4-7,12,14H,3,8-11H2,1-2H3. The Morgan fingerprint density at radius 2 is 1.80 bits per heavy atom. The maximum absolute atomic E-state index is 13.1. The average molecular weight is 279 g/mol. The van der Waals surface area contributed by atoms with Crippen LogP contribution < -0.4 is 0 Å². The molecule has 3 nitrogen and oxygen atoms in total. The van der Waals surface area contributed by atoms with Crippen molar-refractivity contribution in [3.63, 3.8) is 0 Å². The highest BCUT2D eigenvalue weighted by Crippen LogP contribution is 2.48. The smallest absolute Gasteiger partial charge is 0.203 e. The van der Waals surface area contributed by atoms with E-state index >= 15 is 0 Å². The summed E-state index contributed by atoms with van der Waals surface area (Å²) in [6, 6.07) is 6.53. The Balaban J connectivity index is 1.80. The molecule has 2 saturated heterocycles. The Labute approximate surface area is 119 Å². The lowest BCUT2D eigenvalue weighted by molar-refractivity contribution is -0.477. The van der Waals surface area contributed by atoms with Crippen molar-refractivity contribution in [2.24, 2.45) is 5.92 Å². The van der Waals surface area contributed by atoms with Gasteiger partial charge in [0.2, 0.25) is 5.79 Å². The Morgan fingerprint density at radius 1 is 1.20 bits per heavy atom. The molecule has 20 heavy (non-hydrogen) atoms. The Hall–Kier alpha value is -0.970. The Bertz CT molecular complexity index is 448. The van der Waals surface area contributed by atoms with E-state index in [1.54, 1.807) is 12.1 Å². The first-order valence-electron chi connectivity index (χ1n) is 7.48. The minimum absolute atomic E-state index is 0.177. The van der Waals surface area contributed by atoms with Crippen LogP contribution in [-0.2, 0) is 15.3 Å². The zero-order valence-electron chi connectivity index (χ0n) is 12.1. The largest absolute Gasteiger partial charge is 0.316 e. The van der Waals surface area contributed by atoms with Crippen LogP contribution in [0.3, 0.4) is 0 Å². The van der Waals surface area contributed by atoms with Gasteiger partial charge in [0.05, 0.1) is 0 Å². The second kappa shape index (κ2) is 5.43. The minimum atomic E-state index is -0.660. The molecule has 0 unspecified atom stereocenters. The van der Waals surface area contributed by atoms with Gasteiger partial charge >= 0.3 is 0 Å². The van der Waals surface area contributed by atoms with Gasteiger partial charge in [-0.25, -0.2) is 4.39 Å². The van der Waals surface area contributed by atoms with E-state index in [1.807, 2.05) is 6.92 Å². The number of benzene rings is 1. The van der Waals surface area contributed by atoms with Crippen molar-refractivity contribution in [1.82, 2.24) is 4.90 Å². The lowest BCUT2D eigenvalue weighted by Gasteiger charge is -2.52. The van der Waals surface area contributed by atoms with Crippen LogP contribution in [0.1, 0.15) is 32.3 Å². The molecule has 3 rings (SSSR count). The van der Waals surface area contributed by atoms with Crippen molar-refractivity contribution in [3.8, 4) is 0 Å². The topological polar surface area (TPSA) is 21.7 Å². The summed E-state index contributed by atoms with van der Waals surface area (Å²) in [5.41, 5.74) is 0.937. The fourth-order valence-corrected chi connectivity index (χ4v) is 3.38. The zero-order valence-corrected chi connectivity index (χ0v) is 12.1. The Kier molecular flexibility index (Phi) is 3.80. The highest BCUT2D eigenvalue weighted by Gasteiger charge is 2.52.